The van der Waals surface area contributed by atoms with Gasteiger partial charge in [0, 0.05) is 28.4 Å². The van der Waals surface area contributed by atoms with E-state index in [0.29, 0.717) is 16.8 Å². The Morgan fingerprint density at radius 3 is 2.32 bits per heavy atom. The van der Waals surface area contributed by atoms with Crippen molar-refractivity contribution in [2.45, 2.75) is 4.90 Å². The number of carbonyl (C=O) groups is 1. The van der Waals surface area contributed by atoms with E-state index in [4.69, 9.17) is 11.5 Å². The highest BCUT2D eigenvalue weighted by Gasteiger charge is 2.22. The molecule has 0 unspecified atom stereocenters. The molecule has 0 aliphatic rings. The van der Waals surface area contributed by atoms with Gasteiger partial charge in [-0.25, -0.2) is 12.4 Å². The first kappa shape index (κ1) is 22.9. The van der Waals surface area contributed by atoms with E-state index in [1.54, 1.807) is 30.5 Å². The number of benzene rings is 3. The first-order valence-corrected chi connectivity index (χ1v) is 12.0. The molecule has 7 nitrogen and oxygen atoms in total. The molecule has 0 aliphatic carbocycles. The molecule has 8 heteroatoms. The van der Waals surface area contributed by atoms with E-state index in [1.165, 1.54) is 34.4 Å². The fraction of sp³-hybridized carbons (Fsp3) is 0.0385. The van der Waals surface area contributed by atoms with Gasteiger partial charge >= 0.3 is 0 Å². The Morgan fingerprint density at radius 1 is 0.941 bits per heavy atom. The van der Waals surface area contributed by atoms with Crippen LogP contribution in [-0.2, 0) is 10.0 Å². The van der Waals surface area contributed by atoms with Gasteiger partial charge in [0.25, 0.3) is 15.9 Å². The SMILES string of the molecule is N/C=C\C=C(/N)CNC(=O)c1ccc(S(=O)(=O)n2cc(-c3ccccc3)c3ccccc32)cc1. The number of fused-ring (bicyclic) bond motifs is 1. The summed E-state index contributed by atoms with van der Waals surface area (Å²) in [6.07, 6.45) is 6.13. The zero-order chi connectivity index (χ0) is 24.1. The molecule has 0 saturated carbocycles. The molecule has 34 heavy (non-hydrogen) atoms. The van der Waals surface area contributed by atoms with Crippen LogP contribution >= 0.6 is 0 Å². The minimum absolute atomic E-state index is 0.0805. The van der Waals surface area contributed by atoms with Crippen LogP contribution in [0.15, 0.2) is 114 Å². The van der Waals surface area contributed by atoms with Gasteiger partial charge in [0.2, 0.25) is 0 Å². The minimum Gasteiger partial charge on any atom is -0.405 e. The molecule has 0 spiro atoms. The van der Waals surface area contributed by atoms with Crippen molar-refractivity contribution in [3.63, 3.8) is 0 Å². The maximum Gasteiger partial charge on any atom is 0.268 e. The summed E-state index contributed by atoms with van der Waals surface area (Å²) < 4.78 is 28.3. The molecule has 1 aromatic heterocycles. The fourth-order valence-corrected chi connectivity index (χ4v) is 4.98. The predicted molar refractivity (Wildman–Crippen MR) is 134 cm³/mol. The van der Waals surface area contributed by atoms with E-state index >= 15 is 0 Å². The number of rotatable bonds is 7. The van der Waals surface area contributed by atoms with Crippen molar-refractivity contribution in [1.29, 1.82) is 0 Å². The van der Waals surface area contributed by atoms with Crippen LogP contribution in [0.3, 0.4) is 0 Å². The van der Waals surface area contributed by atoms with Crippen molar-refractivity contribution in [3.05, 3.63) is 115 Å². The first-order chi connectivity index (χ1) is 16.4. The monoisotopic (exact) mass is 472 g/mol. The van der Waals surface area contributed by atoms with Crippen LogP contribution in [0.4, 0.5) is 0 Å². The van der Waals surface area contributed by atoms with Crippen molar-refractivity contribution >= 4 is 26.8 Å². The van der Waals surface area contributed by atoms with Crippen molar-refractivity contribution in [1.82, 2.24) is 9.29 Å². The molecule has 172 valence electrons. The second-order valence-electron chi connectivity index (χ2n) is 7.56. The largest absolute Gasteiger partial charge is 0.405 e. The highest BCUT2D eigenvalue weighted by molar-refractivity contribution is 7.90. The van der Waals surface area contributed by atoms with E-state index in [0.717, 1.165) is 16.5 Å². The van der Waals surface area contributed by atoms with Crippen LogP contribution < -0.4 is 16.8 Å². The third-order valence-corrected chi connectivity index (χ3v) is 7.00. The molecule has 3 aromatic carbocycles. The highest BCUT2D eigenvalue weighted by Crippen LogP contribution is 2.32. The van der Waals surface area contributed by atoms with Gasteiger partial charge in [-0.05, 0) is 54.2 Å². The summed E-state index contributed by atoms with van der Waals surface area (Å²) in [5, 5.41) is 3.52. The number of amides is 1. The van der Waals surface area contributed by atoms with Gasteiger partial charge in [0.05, 0.1) is 17.0 Å². The van der Waals surface area contributed by atoms with Crippen molar-refractivity contribution in [2.75, 3.05) is 6.54 Å². The van der Waals surface area contributed by atoms with Gasteiger partial charge in [0.1, 0.15) is 0 Å². The zero-order valence-corrected chi connectivity index (χ0v) is 19.1. The number of para-hydroxylation sites is 1. The van der Waals surface area contributed by atoms with Crippen LogP contribution in [0, 0.1) is 0 Å². The molecular weight excluding hydrogens is 448 g/mol. The molecule has 0 aliphatic heterocycles. The predicted octanol–water partition coefficient (Wildman–Crippen LogP) is 3.59. The van der Waals surface area contributed by atoms with Crippen molar-refractivity contribution in [3.8, 4) is 11.1 Å². The summed E-state index contributed by atoms with van der Waals surface area (Å²) in [5.41, 5.74) is 14.1. The molecule has 0 fully saturated rings. The lowest BCUT2D eigenvalue weighted by Crippen LogP contribution is -2.27. The molecule has 5 N–H and O–H groups in total. The Bertz CT molecular complexity index is 1490. The van der Waals surface area contributed by atoms with E-state index in [9.17, 15) is 13.2 Å². The standard InChI is InChI=1S/C26H24N4O3S/c27-16-6-9-21(28)17-29-26(31)20-12-14-22(15-13-20)34(32,33)30-18-24(19-7-2-1-3-8-19)23-10-4-5-11-25(23)30/h1-16,18H,17,27-28H2,(H,29,31)/b16-6-,21-9-. The van der Waals surface area contributed by atoms with Crippen LogP contribution in [-0.4, -0.2) is 24.8 Å². The number of aromatic nitrogens is 1. The first-order valence-electron chi connectivity index (χ1n) is 10.5. The molecule has 0 atom stereocenters. The summed E-state index contributed by atoms with van der Waals surface area (Å²) in [7, 11) is -3.89. The quantitative estimate of drug-likeness (QED) is 0.355. The average molecular weight is 473 g/mol. The molecule has 4 rings (SSSR count). The molecular formula is C26H24N4O3S. The lowest BCUT2D eigenvalue weighted by molar-refractivity contribution is 0.0956. The van der Waals surface area contributed by atoms with Gasteiger partial charge in [-0.15, -0.1) is 0 Å². The number of hydrogen-bond acceptors (Lipinski definition) is 5. The fourth-order valence-electron chi connectivity index (χ4n) is 3.61. The minimum atomic E-state index is -3.89. The third-order valence-electron chi connectivity index (χ3n) is 5.31. The summed E-state index contributed by atoms with van der Waals surface area (Å²) in [5.74, 6) is -0.366. The normalized spacial score (nSPS) is 12.3. The van der Waals surface area contributed by atoms with Crippen LogP contribution in [0.5, 0.6) is 0 Å². The van der Waals surface area contributed by atoms with Gasteiger partial charge in [-0.1, -0.05) is 48.5 Å². The lowest BCUT2D eigenvalue weighted by atomic mass is 10.1. The smallest absolute Gasteiger partial charge is 0.268 e. The van der Waals surface area contributed by atoms with Gasteiger partial charge in [-0.3, -0.25) is 4.79 Å². The Labute approximate surface area is 198 Å². The average Bonchev–Trinajstić information content (AvgIpc) is 3.27. The zero-order valence-electron chi connectivity index (χ0n) is 18.3. The van der Waals surface area contributed by atoms with Crippen LogP contribution in [0.25, 0.3) is 22.0 Å². The Morgan fingerprint density at radius 2 is 1.62 bits per heavy atom. The lowest BCUT2D eigenvalue weighted by Gasteiger charge is -2.09. The summed E-state index contributed by atoms with van der Waals surface area (Å²) >= 11 is 0. The van der Waals surface area contributed by atoms with Crippen molar-refractivity contribution < 1.29 is 13.2 Å². The van der Waals surface area contributed by atoms with E-state index in [2.05, 4.69) is 5.32 Å². The Balaban J connectivity index is 1.64. The van der Waals surface area contributed by atoms with Crippen LogP contribution in [0.2, 0.25) is 0 Å². The number of nitrogens with one attached hydrogen (secondary N) is 1. The van der Waals surface area contributed by atoms with E-state index in [-0.39, 0.29) is 17.3 Å². The number of nitrogens with zero attached hydrogens (tertiary/aromatic N) is 1. The summed E-state index contributed by atoms with van der Waals surface area (Å²) in [4.78, 5) is 12.5. The van der Waals surface area contributed by atoms with Gasteiger partial charge in [-0.2, -0.15) is 0 Å². The van der Waals surface area contributed by atoms with E-state index < -0.39 is 10.0 Å². The third kappa shape index (κ3) is 4.57. The van der Waals surface area contributed by atoms with E-state index in [1.807, 2.05) is 42.5 Å². The van der Waals surface area contributed by atoms with Gasteiger partial charge in [0.15, 0.2) is 0 Å². The Hall–Kier alpha value is -4.30. The number of allylic oxidation sites excluding steroid dienone is 2. The number of carbonyl (C=O) groups excluding carboxylic acids is 1. The number of hydrogen-bond donors (Lipinski definition) is 3. The number of nitrogens with two attached hydrogens (primary N) is 2. The maximum absolute atomic E-state index is 13.5. The Kier molecular flexibility index (Phi) is 6.51. The second kappa shape index (κ2) is 9.68. The van der Waals surface area contributed by atoms with Crippen LogP contribution in [0.1, 0.15) is 10.4 Å². The molecule has 0 radical (unpaired) electrons. The molecule has 4 aromatic rings. The topological polar surface area (TPSA) is 120 Å². The second-order valence-corrected chi connectivity index (χ2v) is 9.38. The molecule has 0 bridgehead atoms. The van der Waals surface area contributed by atoms with Gasteiger partial charge < -0.3 is 16.8 Å². The molecule has 1 heterocycles. The summed E-state index contributed by atoms with van der Waals surface area (Å²) in [6, 6.07) is 22.8. The summed E-state index contributed by atoms with van der Waals surface area (Å²) in [6.45, 7) is 0.140. The molecule has 0 saturated heterocycles. The molecule has 1 amide bonds. The highest BCUT2D eigenvalue weighted by atomic mass is 32.2. The maximum atomic E-state index is 13.5. The van der Waals surface area contributed by atoms with Crippen molar-refractivity contribution in [2.24, 2.45) is 11.5 Å².